The van der Waals surface area contributed by atoms with Crippen LogP contribution in [0.1, 0.15) is 34.6 Å². The number of amides is 1. The van der Waals surface area contributed by atoms with Gasteiger partial charge in [0.15, 0.2) is 6.10 Å². The number of carbonyl (C=O) groups is 3. The van der Waals surface area contributed by atoms with Gasteiger partial charge in [0.25, 0.3) is 15.9 Å². The Morgan fingerprint density at radius 3 is 2.29 bits per heavy atom. The highest BCUT2D eigenvalue weighted by molar-refractivity contribution is 7.92. The van der Waals surface area contributed by atoms with E-state index in [2.05, 4.69) is 10.0 Å². The number of hydrogen-bond acceptors (Lipinski definition) is 10. The van der Waals surface area contributed by atoms with Crippen LogP contribution in [0.4, 0.5) is 10.7 Å². The molecule has 1 aromatic heterocycles. The van der Waals surface area contributed by atoms with E-state index >= 15 is 0 Å². The van der Waals surface area contributed by atoms with Gasteiger partial charge in [0.2, 0.25) is 0 Å². The highest BCUT2D eigenvalue weighted by Crippen LogP contribution is 2.38. The van der Waals surface area contributed by atoms with Crippen LogP contribution in [0.25, 0.3) is 10.4 Å². The lowest BCUT2D eigenvalue weighted by Gasteiger charge is -2.15. The van der Waals surface area contributed by atoms with Gasteiger partial charge in [-0.1, -0.05) is 48.0 Å². The van der Waals surface area contributed by atoms with Crippen LogP contribution in [-0.4, -0.2) is 53.2 Å². The first-order valence-electron chi connectivity index (χ1n) is 13.4. The second kappa shape index (κ2) is 14.5. The molecule has 1 heterocycles. The summed E-state index contributed by atoms with van der Waals surface area (Å²) < 4.78 is 49.6. The summed E-state index contributed by atoms with van der Waals surface area (Å²) in [6.07, 6.45) is -1.31. The number of ether oxygens (including phenoxy) is 4. The second-order valence-electron chi connectivity index (χ2n) is 9.30. The Balaban J connectivity index is 1.49. The van der Waals surface area contributed by atoms with Gasteiger partial charge in [-0.2, -0.15) is 0 Å². The van der Waals surface area contributed by atoms with Crippen molar-refractivity contribution in [2.24, 2.45) is 0 Å². The van der Waals surface area contributed by atoms with E-state index in [4.69, 9.17) is 30.5 Å². The molecule has 0 radical (unpaired) electrons. The number of carbonyl (C=O) groups excluding carboxylic acids is 3. The molecule has 45 heavy (non-hydrogen) atoms. The first kappa shape index (κ1) is 33.3. The summed E-state index contributed by atoms with van der Waals surface area (Å²) in [6, 6.07) is 18.8. The highest BCUT2D eigenvalue weighted by Gasteiger charge is 2.25. The fourth-order valence-electron chi connectivity index (χ4n) is 4.02. The van der Waals surface area contributed by atoms with Crippen LogP contribution in [0.5, 0.6) is 11.5 Å². The van der Waals surface area contributed by atoms with Crippen molar-refractivity contribution in [2.45, 2.75) is 24.8 Å². The molecule has 0 saturated carbocycles. The highest BCUT2D eigenvalue weighted by atomic mass is 35.5. The van der Waals surface area contributed by atoms with Crippen molar-refractivity contribution >= 4 is 61.5 Å². The summed E-state index contributed by atoms with van der Waals surface area (Å²) in [5.41, 5.74) is 0.929. The molecule has 1 atom stereocenters. The minimum atomic E-state index is -4.22. The average molecular weight is 673 g/mol. The summed E-state index contributed by atoms with van der Waals surface area (Å²) in [7, 11) is -1.46. The number of sulfonamides is 1. The maximum atomic E-state index is 13.2. The summed E-state index contributed by atoms with van der Waals surface area (Å²) in [5, 5.41) is 3.02. The Morgan fingerprint density at radius 1 is 0.911 bits per heavy atom. The number of methoxy groups -OCH3 is 2. The van der Waals surface area contributed by atoms with Crippen molar-refractivity contribution in [2.75, 3.05) is 30.9 Å². The molecule has 0 fully saturated rings. The molecule has 4 aromatic rings. The van der Waals surface area contributed by atoms with Gasteiger partial charge in [-0.05, 0) is 49.7 Å². The Morgan fingerprint density at radius 2 is 1.62 bits per heavy atom. The fourth-order valence-corrected chi connectivity index (χ4v) is 6.42. The van der Waals surface area contributed by atoms with Gasteiger partial charge in [-0.25, -0.2) is 18.0 Å². The van der Waals surface area contributed by atoms with Crippen LogP contribution in [0.15, 0.2) is 77.7 Å². The zero-order valence-corrected chi connectivity index (χ0v) is 27.0. The standard InChI is InChI=1S/C31H29ClN2O9S2/c1-5-42-31(37)22-15-27(19-10-7-6-8-11-19)44-29(22)33-28(35)18(2)43-30(36)20-12-9-13-21(14-20)45(38,39)34-24-16-23(32)25(40-3)17-26(24)41-4/h6-18,34H,5H2,1-4H3,(H,33,35). The van der Waals surface area contributed by atoms with E-state index in [1.165, 1.54) is 62.8 Å². The van der Waals surface area contributed by atoms with Crippen LogP contribution in [0, 0.1) is 0 Å². The molecule has 14 heteroatoms. The molecule has 0 bridgehead atoms. The van der Waals surface area contributed by atoms with E-state index < -0.39 is 34.0 Å². The predicted molar refractivity (Wildman–Crippen MR) is 171 cm³/mol. The monoisotopic (exact) mass is 672 g/mol. The minimum Gasteiger partial charge on any atom is -0.495 e. The van der Waals surface area contributed by atoms with E-state index in [0.29, 0.717) is 0 Å². The molecule has 0 aliphatic heterocycles. The topological polar surface area (TPSA) is 146 Å². The third kappa shape index (κ3) is 7.93. The molecule has 0 saturated heterocycles. The number of nitrogens with one attached hydrogen (secondary N) is 2. The molecule has 11 nitrogen and oxygen atoms in total. The largest absolute Gasteiger partial charge is 0.495 e. The van der Waals surface area contributed by atoms with E-state index in [-0.39, 0.29) is 49.8 Å². The zero-order chi connectivity index (χ0) is 32.7. The van der Waals surface area contributed by atoms with Gasteiger partial charge in [-0.3, -0.25) is 9.52 Å². The van der Waals surface area contributed by atoms with Crippen LogP contribution in [-0.2, 0) is 24.3 Å². The van der Waals surface area contributed by atoms with Gasteiger partial charge < -0.3 is 24.3 Å². The lowest BCUT2D eigenvalue weighted by molar-refractivity contribution is -0.123. The fraction of sp³-hybridized carbons (Fsp3) is 0.194. The maximum absolute atomic E-state index is 13.2. The van der Waals surface area contributed by atoms with Gasteiger partial charge in [0, 0.05) is 10.9 Å². The number of thiophene rings is 1. The van der Waals surface area contributed by atoms with Gasteiger partial charge >= 0.3 is 11.9 Å². The molecule has 3 aromatic carbocycles. The lowest BCUT2D eigenvalue weighted by atomic mass is 10.1. The van der Waals surface area contributed by atoms with Crippen molar-refractivity contribution in [3.05, 3.63) is 88.9 Å². The van der Waals surface area contributed by atoms with Crippen molar-refractivity contribution in [3.63, 3.8) is 0 Å². The van der Waals surface area contributed by atoms with Gasteiger partial charge in [-0.15, -0.1) is 11.3 Å². The molecule has 0 aliphatic carbocycles. The van der Waals surface area contributed by atoms with Crippen LogP contribution in [0.3, 0.4) is 0 Å². The second-order valence-corrected chi connectivity index (χ2v) is 12.4. The van der Waals surface area contributed by atoms with Crippen LogP contribution >= 0.6 is 22.9 Å². The minimum absolute atomic E-state index is 0.0489. The van der Waals surface area contributed by atoms with E-state index in [9.17, 15) is 22.8 Å². The van der Waals surface area contributed by atoms with Crippen LogP contribution < -0.4 is 19.5 Å². The van der Waals surface area contributed by atoms with Gasteiger partial charge in [0.05, 0.1) is 47.6 Å². The molecule has 236 valence electrons. The Labute approximate surface area is 269 Å². The molecule has 1 amide bonds. The number of benzene rings is 3. The summed E-state index contributed by atoms with van der Waals surface area (Å²) in [6.45, 7) is 3.16. The van der Waals surface area contributed by atoms with Crippen molar-refractivity contribution in [3.8, 4) is 21.9 Å². The number of hydrogen-bond donors (Lipinski definition) is 2. The summed E-state index contributed by atoms with van der Waals surface area (Å²) in [5.74, 6) is -1.82. The van der Waals surface area contributed by atoms with Crippen LogP contribution in [0.2, 0.25) is 5.02 Å². The Hall–Kier alpha value is -4.59. The molecule has 0 aliphatic rings. The molecule has 2 N–H and O–H groups in total. The molecule has 0 spiro atoms. The van der Waals surface area contributed by atoms with E-state index in [0.717, 1.165) is 16.5 Å². The maximum Gasteiger partial charge on any atom is 0.341 e. The lowest BCUT2D eigenvalue weighted by Crippen LogP contribution is -2.30. The molecular weight excluding hydrogens is 644 g/mol. The quantitative estimate of drug-likeness (QED) is 0.167. The predicted octanol–water partition coefficient (Wildman–Crippen LogP) is 6.25. The van der Waals surface area contributed by atoms with Gasteiger partial charge in [0.1, 0.15) is 16.5 Å². The first-order valence-corrected chi connectivity index (χ1v) is 16.1. The number of rotatable bonds is 12. The first-order chi connectivity index (χ1) is 21.5. The van der Waals surface area contributed by atoms with E-state index in [1.54, 1.807) is 13.0 Å². The third-order valence-electron chi connectivity index (χ3n) is 6.27. The normalized spacial score (nSPS) is 11.7. The third-order valence-corrected chi connectivity index (χ3v) is 9.03. The molecule has 1 unspecified atom stereocenters. The average Bonchev–Trinajstić information content (AvgIpc) is 3.45. The van der Waals surface area contributed by atoms with Crippen molar-refractivity contribution in [1.82, 2.24) is 0 Å². The van der Waals surface area contributed by atoms with E-state index in [1.807, 2.05) is 30.3 Å². The number of anilines is 2. The van der Waals surface area contributed by atoms with Crippen molar-refractivity contribution in [1.29, 1.82) is 0 Å². The molecule has 4 rings (SSSR count). The number of esters is 2. The smallest absolute Gasteiger partial charge is 0.341 e. The zero-order valence-electron chi connectivity index (χ0n) is 24.6. The molecular formula is C31H29ClN2O9S2. The summed E-state index contributed by atoms with van der Waals surface area (Å²) in [4.78, 5) is 39.1. The Bertz CT molecular complexity index is 1830. The SMILES string of the molecule is CCOC(=O)c1cc(-c2ccccc2)sc1NC(=O)C(C)OC(=O)c1cccc(S(=O)(=O)Nc2cc(Cl)c(OC)cc2OC)c1. The Kier molecular flexibility index (Phi) is 10.7. The number of halogens is 1. The van der Waals surface area contributed by atoms with Crippen molar-refractivity contribution < 1.29 is 41.7 Å². The summed E-state index contributed by atoms with van der Waals surface area (Å²) >= 11 is 7.33.